The molecule has 2 aromatic rings. The average Bonchev–Trinajstić information content (AvgIpc) is 2.83. The molecule has 0 bridgehead atoms. The highest BCUT2D eigenvalue weighted by Crippen LogP contribution is 2.50. The number of ether oxygens (including phenoxy) is 1. The standard InChI is InChI=1S/C18H22NO4P/c1-13-7-3-5-9-15(13)11-17-18(23-24(19,20)22-17)21-12-16-10-6-4-8-14(16)2/h3-10,17-18H,11-12H2,1-2H3,(H2,19,20)/t17?,18-,24?/m0/s1. The average molecular weight is 347 g/mol. The summed E-state index contributed by atoms with van der Waals surface area (Å²) in [5, 5.41) is 0. The van der Waals surface area contributed by atoms with Crippen molar-refractivity contribution in [1.29, 1.82) is 0 Å². The van der Waals surface area contributed by atoms with Crippen molar-refractivity contribution in [1.82, 2.24) is 0 Å². The molecule has 0 amide bonds. The fraction of sp³-hybridized carbons (Fsp3) is 0.333. The second-order valence-corrected chi connectivity index (χ2v) is 7.53. The second kappa shape index (κ2) is 7.18. The monoisotopic (exact) mass is 347 g/mol. The van der Waals surface area contributed by atoms with Gasteiger partial charge in [-0.25, -0.2) is 10.1 Å². The number of hydrogen-bond acceptors (Lipinski definition) is 4. The molecule has 0 saturated carbocycles. The molecule has 1 aliphatic rings. The van der Waals surface area contributed by atoms with E-state index in [2.05, 4.69) is 0 Å². The molecule has 1 saturated heterocycles. The van der Waals surface area contributed by atoms with Crippen LogP contribution in [0.1, 0.15) is 22.3 Å². The lowest BCUT2D eigenvalue weighted by molar-refractivity contribution is -0.104. The molecule has 3 atom stereocenters. The lowest BCUT2D eigenvalue weighted by atomic mass is 10.0. The minimum atomic E-state index is -3.57. The summed E-state index contributed by atoms with van der Waals surface area (Å²) in [4.78, 5) is 0. The van der Waals surface area contributed by atoms with E-state index in [1.165, 1.54) is 0 Å². The topological polar surface area (TPSA) is 70.8 Å². The van der Waals surface area contributed by atoms with E-state index in [1.807, 2.05) is 62.4 Å². The molecule has 2 aromatic carbocycles. The Labute approximate surface area is 142 Å². The summed E-state index contributed by atoms with van der Waals surface area (Å²) in [5.41, 5.74) is 9.99. The maximum Gasteiger partial charge on any atom is 0.405 e. The van der Waals surface area contributed by atoms with E-state index < -0.39 is 20.1 Å². The number of rotatable bonds is 5. The Balaban J connectivity index is 1.71. The van der Waals surface area contributed by atoms with Crippen LogP contribution in [0.4, 0.5) is 0 Å². The zero-order valence-corrected chi connectivity index (χ0v) is 14.7. The summed E-state index contributed by atoms with van der Waals surface area (Å²) in [7, 11) is -3.57. The third-order valence-electron chi connectivity index (χ3n) is 4.18. The maximum atomic E-state index is 12.0. The van der Waals surface area contributed by atoms with Gasteiger partial charge in [0.15, 0.2) is 6.29 Å². The first-order valence-electron chi connectivity index (χ1n) is 7.91. The highest BCUT2D eigenvalue weighted by molar-refractivity contribution is 7.51. The van der Waals surface area contributed by atoms with Crippen molar-refractivity contribution >= 4 is 7.75 Å². The molecule has 24 heavy (non-hydrogen) atoms. The summed E-state index contributed by atoms with van der Waals surface area (Å²) in [6.45, 7) is 4.39. The fourth-order valence-electron chi connectivity index (χ4n) is 2.75. The number of aryl methyl sites for hydroxylation is 2. The van der Waals surface area contributed by atoms with Gasteiger partial charge >= 0.3 is 7.75 Å². The minimum Gasteiger partial charge on any atom is -0.345 e. The number of benzene rings is 2. The molecule has 2 unspecified atom stereocenters. The molecule has 1 heterocycles. The van der Waals surface area contributed by atoms with Gasteiger partial charge in [-0.1, -0.05) is 48.5 Å². The first kappa shape index (κ1) is 17.3. The van der Waals surface area contributed by atoms with Gasteiger partial charge in [0.2, 0.25) is 0 Å². The van der Waals surface area contributed by atoms with Crippen molar-refractivity contribution in [3.05, 3.63) is 70.8 Å². The van der Waals surface area contributed by atoms with E-state index in [4.69, 9.17) is 19.3 Å². The summed E-state index contributed by atoms with van der Waals surface area (Å²) in [5.74, 6) is 0. The SMILES string of the molecule is Cc1ccccc1CO[C@H]1OP(N)(=O)OC1Cc1ccccc1C. The third kappa shape index (κ3) is 4.12. The van der Waals surface area contributed by atoms with E-state index in [0.29, 0.717) is 13.0 Å². The van der Waals surface area contributed by atoms with Crippen molar-refractivity contribution in [2.24, 2.45) is 5.50 Å². The molecule has 2 N–H and O–H groups in total. The Morgan fingerprint density at radius 3 is 2.21 bits per heavy atom. The van der Waals surface area contributed by atoms with Gasteiger partial charge < -0.3 is 4.74 Å². The first-order chi connectivity index (χ1) is 11.4. The Morgan fingerprint density at radius 2 is 1.58 bits per heavy atom. The Bertz CT molecular complexity index is 764. The zero-order valence-electron chi connectivity index (χ0n) is 13.8. The quantitative estimate of drug-likeness (QED) is 0.832. The molecule has 0 aromatic heterocycles. The van der Waals surface area contributed by atoms with Crippen LogP contribution < -0.4 is 5.50 Å². The van der Waals surface area contributed by atoms with E-state index in [0.717, 1.165) is 22.3 Å². The van der Waals surface area contributed by atoms with Crippen LogP contribution in [0, 0.1) is 13.8 Å². The molecule has 5 nitrogen and oxygen atoms in total. The van der Waals surface area contributed by atoms with Crippen LogP contribution in [0.5, 0.6) is 0 Å². The fourth-order valence-corrected chi connectivity index (χ4v) is 3.83. The molecule has 0 radical (unpaired) electrons. The first-order valence-corrected chi connectivity index (χ1v) is 9.52. The molecule has 6 heteroatoms. The van der Waals surface area contributed by atoms with Crippen molar-refractivity contribution in [2.75, 3.05) is 0 Å². The molecule has 1 aliphatic heterocycles. The summed E-state index contributed by atoms with van der Waals surface area (Å²) >= 11 is 0. The van der Waals surface area contributed by atoms with Gasteiger partial charge in [-0.05, 0) is 36.1 Å². The normalized spacial score (nSPS) is 26.6. The Morgan fingerprint density at radius 1 is 1.00 bits per heavy atom. The van der Waals surface area contributed by atoms with Crippen molar-refractivity contribution in [3.8, 4) is 0 Å². The van der Waals surface area contributed by atoms with Crippen LogP contribution in [-0.4, -0.2) is 12.4 Å². The van der Waals surface area contributed by atoms with Crippen LogP contribution in [0.3, 0.4) is 0 Å². The molecule has 3 rings (SSSR count). The van der Waals surface area contributed by atoms with Gasteiger partial charge in [0.25, 0.3) is 0 Å². The lowest BCUT2D eigenvalue weighted by Gasteiger charge is -2.18. The summed E-state index contributed by atoms with van der Waals surface area (Å²) in [6.07, 6.45) is -0.710. The van der Waals surface area contributed by atoms with Gasteiger partial charge in [0.1, 0.15) is 6.10 Å². The van der Waals surface area contributed by atoms with Gasteiger partial charge in [0.05, 0.1) is 6.61 Å². The lowest BCUT2D eigenvalue weighted by Crippen LogP contribution is -2.28. The molecule has 0 spiro atoms. The molecule has 128 valence electrons. The van der Waals surface area contributed by atoms with Gasteiger partial charge in [-0.3, -0.25) is 9.05 Å². The van der Waals surface area contributed by atoms with Crippen molar-refractivity contribution < 1.29 is 18.3 Å². The zero-order chi connectivity index (χ0) is 17.2. The molecule has 0 aliphatic carbocycles. The molecular formula is C18H22NO4P. The van der Waals surface area contributed by atoms with Gasteiger partial charge in [-0.2, -0.15) is 0 Å². The van der Waals surface area contributed by atoms with Crippen molar-refractivity contribution in [3.63, 3.8) is 0 Å². The van der Waals surface area contributed by atoms with E-state index >= 15 is 0 Å². The third-order valence-corrected chi connectivity index (χ3v) is 5.25. The molecule has 1 fully saturated rings. The molecular weight excluding hydrogens is 325 g/mol. The number of nitrogens with two attached hydrogens (primary N) is 1. The van der Waals surface area contributed by atoms with E-state index in [-0.39, 0.29) is 0 Å². The van der Waals surface area contributed by atoms with Crippen LogP contribution in [-0.2, 0) is 31.4 Å². The van der Waals surface area contributed by atoms with Gasteiger partial charge in [0, 0.05) is 6.42 Å². The van der Waals surface area contributed by atoms with Gasteiger partial charge in [-0.15, -0.1) is 0 Å². The summed E-state index contributed by atoms with van der Waals surface area (Å²) < 4.78 is 28.6. The van der Waals surface area contributed by atoms with Crippen molar-refractivity contribution in [2.45, 2.75) is 39.3 Å². The Hall–Kier alpha value is -1.49. The van der Waals surface area contributed by atoms with E-state index in [9.17, 15) is 4.57 Å². The van der Waals surface area contributed by atoms with Crippen LogP contribution in [0.2, 0.25) is 0 Å². The maximum absolute atomic E-state index is 12.0. The van der Waals surface area contributed by atoms with Crippen LogP contribution in [0.25, 0.3) is 0 Å². The number of hydrogen-bond donors (Lipinski definition) is 1. The van der Waals surface area contributed by atoms with Crippen LogP contribution >= 0.6 is 7.75 Å². The second-order valence-electron chi connectivity index (χ2n) is 6.03. The smallest absolute Gasteiger partial charge is 0.345 e. The van der Waals surface area contributed by atoms with E-state index in [1.54, 1.807) is 0 Å². The largest absolute Gasteiger partial charge is 0.405 e. The highest BCUT2D eigenvalue weighted by atomic mass is 31.2. The van der Waals surface area contributed by atoms with Crippen LogP contribution in [0.15, 0.2) is 48.5 Å². The minimum absolute atomic E-state index is 0.352. The Kier molecular flexibility index (Phi) is 5.18. The summed E-state index contributed by atoms with van der Waals surface area (Å²) in [6, 6.07) is 15.9. The predicted octanol–water partition coefficient (Wildman–Crippen LogP) is 3.87. The predicted molar refractivity (Wildman–Crippen MR) is 92.4 cm³/mol. The highest BCUT2D eigenvalue weighted by Gasteiger charge is 2.43.